The maximum absolute atomic E-state index is 12.6. The van der Waals surface area contributed by atoms with Gasteiger partial charge in [0.15, 0.2) is 0 Å². The normalized spacial score (nSPS) is 25.1. The summed E-state index contributed by atoms with van der Waals surface area (Å²) in [4.78, 5) is 25.8. The second-order valence-electron chi connectivity index (χ2n) is 6.95. The molecule has 1 aromatic rings. The van der Waals surface area contributed by atoms with Crippen LogP contribution in [0.4, 0.5) is 4.79 Å². The highest BCUT2D eigenvalue weighted by Gasteiger charge is 2.43. The van der Waals surface area contributed by atoms with E-state index in [9.17, 15) is 9.59 Å². The highest BCUT2D eigenvalue weighted by atomic mass is 16.6. The molecule has 2 saturated heterocycles. The highest BCUT2D eigenvalue weighted by Crippen LogP contribution is 2.36. The van der Waals surface area contributed by atoms with E-state index in [2.05, 4.69) is 29.6 Å². The Hall–Kier alpha value is -2.04. The molecule has 1 N–H and O–H groups in total. The van der Waals surface area contributed by atoms with Crippen molar-refractivity contribution in [2.75, 3.05) is 19.6 Å². The summed E-state index contributed by atoms with van der Waals surface area (Å²) in [7, 11) is 0. The monoisotopic (exact) mass is 314 g/mol. The predicted octanol–water partition coefficient (Wildman–Crippen LogP) is 2.21. The number of piperidine rings is 1. The number of benzene rings is 1. The molecular weight excluding hydrogens is 292 g/mol. The predicted molar refractivity (Wildman–Crippen MR) is 85.1 cm³/mol. The van der Waals surface area contributed by atoms with E-state index >= 15 is 0 Å². The zero-order valence-corrected chi connectivity index (χ0v) is 13.2. The molecular formula is C18H22N2O3. The maximum atomic E-state index is 12.6. The van der Waals surface area contributed by atoms with E-state index in [-0.39, 0.29) is 17.6 Å². The third-order valence-corrected chi connectivity index (χ3v) is 5.57. The molecule has 4 rings (SSSR count). The number of carbonyl (C=O) groups is 2. The average Bonchev–Trinajstić information content (AvgIpc) is 3.13. The van der Waals surface area contributed by atoms with E-state index in [4.69, 9.17) is 4.74 Å². The minimum absolute atomic E-state index is 0.235. The van der Waals surface area contributed by atoms with Crippen LogP contribution < -0.4 is 5.32 Å². The number of aryl methyl sites for hydroxylation is 1. The molecule has 0 unspecified atom stereocenters. The summed E-state index contributed by atoms with van der Waals surface area (Å²) in [5.41, 5.74) is 2.36. The van der Waals surface area contributed by atoms with E-state index in [1.165, 1.54) is 11.1 Å². The summed E-state index contributed by atoms with van der Waals surface area (Å²) in [6.45, 7) is 1.94. The molecule has 1 aliphatic carbocycles. The van der Waals surface area contributed by atoms with Crippen molar-refractivity contribution in [3.05, 3.63) is 35.4 Å². The first kappa shape index (κ1) is 14.5. The number of nitrogens with one attached hydrogen (secondary N) is 1. The molecule has 1 spiro atoms. The van der Waals surface area contributed by atoms with Crippen LogP contribution in [0.5, 0.6) is 0 Å². The van der Waals surface area contributed by atoms with Crippen molar-refractivity contribution in [2.45, 2.75) is 43.6 Å². The van der Waals surface area contributed by atoms with Gasteiger partial charge in [-0.1, -0.05) is 24.3 Å². The smallest absolute Gasteiger partial charge is 0.407 e. The van der Waals surface area contributed by atoms with E-state index in [0.29, 0.717) is 32.0 Å². The molecule has 0 bridgehead atoms. The van der Waals surface area contributed by atoms with E-state index in [0.717, 1.165) is 25.7 Å². The van der Waals surface area contributed by atoms with Gasteiger partial charge in [-0.3, -0.25) is 4.79 Å². The Labute approximate surface area is 136 Å². The Bertz CT molecular complexity index is 635. The first-order chi connectivity index (χ1) is 11.2. The van der Waals surface area contributed by atoms with Gasteiger partial charge in [-0.05, 0) is 29.9 Å². The molecule has 0 radical (unpaired) electrons. The molecule has 0 saturated carbocycles. The standard InChI is InChI=1S/C18H22N2O3/c21-16(11-14-6-5-13-3-1-2-4-15(13)14)20-9-7-18(8-10-20)12-19-17(22)23-18/h1-4,14H,5-12H2,(H,19,22)/t14-/m0/s1. The first-order valence-electron chi connectivity index (χ1n) is 8.48. The Morgan fingerprint density at radius 3 is 2.83 bits per heavy atom. The van der Waals surface area contributed by atoms with Crippen LogP contribution in [0.15, 0.2) is 24.3 Å². The molecule has 0 aromatic heterocycles. The lowest BCUT2D eigenvalue weighted by molar-refractivity contribution is -0.134. The Morgan fingerprint density at radius 1 is 1.30 bits per heavy atom. The van der Waals surface area contributed by atoms with Gasteiger partial charge in [0.25, 0.3) is 0 Å². The highest BCUT2D eigenvalue weighted by molar-refractivity contribution is 5.77. The summed E-state index contributed by atoms with van der Waals surface area (Å²) < 4.78 is 5.41. The number of ether oxygens (including phenoxy) is 1. The van der Waals surface area contributed by atoms with Crippen molar-refractivity contribution < 1.29 is 14.3 Å². The molecule has 23 heavy (non-hydrogen) atoms. The number of fused-ring (bicyclic) bond motifs is 1. The zero-order chi connectivity index (χ0) is 15.9. The molecule has 1 atom stereocenters. The number of carbonyl (C=O) groups excluding carboxylic acids is 2. The first-order valence-corrected chi connectivity index (χ1v) is 8.48. The third kappa shape index (κ3) is 2.69. The van der Waals surface area contributed by atoms with Crippen LogP contribution in [-0.4, -0.2) is 42.1 Å². The molecule has 2 heterocycles. The van der Waals surface area contributed by atoms with Crippen molar-refractivity contribution >= 4 is 12.0 Å². The fourth-order valence-corrected chi connectivity index (χ4v) is 4.14. The number of hydrogen-bond acceptors (Lipinski definition) is 3. The van der Waals surface area contributed by atoms with Crippen molar-refractivity contribution in [2.24, 2.45) is 0 Å². The van der Waals surface area contributed by atoms with Gasteiger partial charge in [0.05, 0.1) is 6.54 Å². The minimum atomic E-state index is -0.381. The summed E-state index contributed by atoms with van der Waals surface area (Å²) in [5.74, 6) is 0.597. The molecule has 5 nitrogen and oxygen atoms in total. The second-order valence-corrected chi connectivity index (χ2v) is 6.95. The number of likely N-dealkylation sites (tertiary alicyclic amines) is 1. The van der Waals surface area contributed by atoms with E-state index < -0.39 is 0 Å². The van der Waals surface area contributed by atoms with Gasteiger partial charge in [-0.25, -0.2) is 4.79 Å². The van der Waals surface area contributed by atoms with Crippen LogP contribution in [0.1, 0.15) is 42.7 Å². The van der Waals surface area contributed by atoms with Gasteiger partial charge in [0.1, 0.15) is 5.60 Å². The van der Waals surface area contributed by atoms with Gasteiger partial charge in [-0.15, -0.1) is 0 Å². The van der Waals surface area contributed by atoms with Gasteiger partial charge >= 0.3 is 6.09 Å². The lowest BCUT2D eigenvalue weighted by Crippen LogP contribution is -2.48. The fourth-order valence-electron chi connectivity index (χ4n) is 4.14. The molecule has 122 valence electrons. The number of amides is 2. The maximum Gasteiger partial charge on any atom is 0.407 e. The zero-order valence-electron chi connectivity index (χ0n) is 13.2. The Morgan fingerprint density at radius 2 is 2.09 bits per heavy atom. The minimum Gasteiger partial charge on any atom is -0.441 e. The van der Waals surface area contributed by atoms with Crippen molar-refractivity contribution in [3.63, 3.8) is 0 Å². The van der Waals surface area contributed by atoms with Crippen LogP contribution in [0.25, 0.3) is 0 Å². The number of nitrogens with zero attached hydrogens (tertiary/aromatic N) is 1. The topological polar surface area (TPSA) is 58.6 Å². The molecule has 2 amide bonds. The Balaban J connectivity index is 1.35. The molecule has 2 fully saturated rings. The van der Waals surface area contributed by atoms with E-state index in [1.807, 2.05) is 4.90 Å². The van der Waals surface area contributed by atoms with Crippen LogP contribution in [0, 0.1) is 0 Å². The van der Waals surface area contributed by atoms with Crippen molar-refractivity contribution in [1.29, 1.82) is 0 Å². The van der Waals surface area contributed by atoms with Crippen LogP contribution in [0.3, 0.4) is 0 Å². The van der Waals surface area contributed by atoms with Gasteiger partial charge in [0.2, 0.25) is 5.91 Å². The Kier molecular flexibility index (Phi) is 3.51. The summed E-state index contributed by atoms with van der Waals surface area (Å²) >= 11 is 0. The van der Waals surface area contributed by atoms with Gasteiger partial charge in [0, 0.05) is 32.4 Å². The third-order valence-electron chi connectivity index (χ3n) is 5.57. The van der Waals surface area contributed by atoms with Crippen molar-refractivity contribution in [1.82, 2.24) is 10.2 Å². The van der Waals surface area contributed by atoms with Crippen molar-refractivity contribution in [3.8, 4) is 0 Å². The van der Waals surface area contributed by atoms with Crippen LogP contribution in [-0.2, 0) is 16.0 Å². The SMILES string of the molecule is O=C1NCC2(CCN(C(=O)C[C@@H]3CCc4ccccc43)CC2)O1. The lowest BCUT2D eigenvalue weighted by atomic mass is 9.90. The van der Waals surface area contributed by atoms with Gasteiger partial charge in [-0.2, -0.15) is 0 Å². The second kappa shape index (κ2) is 5.55. The average molecular weight is 314 g/mol. The quantitative estimate of drug-likeness (QED) is 0.910. The lowest BCUT2D eigenvalue weighted by Gasteiger charge is -2.37. The number of rotatable bonds is 2. The van der Waals surface area contributed by atoms with Crippen LogP contribution >= 0.6 is 0 Å². The van der Waals surface area contributed by atoms with Crippen LogP contribution in [0.2, 0.25) is 0 Å². The molecule has 3 aliphatic rings. The van der Waals surface area contributed by atoms with E-state index in [1.54, 1.807) is 0 Å². The largest absolute Gasteiger partial charge is 0.441 e. The van der Waals surface area contributed by atoms with Gasteiger partial charge < -0.3 is 15.0 Å². The summed E-state index contributed by atoms with van der Waals surface area (Å²) in [6.07, 6.45) is 3.90. The molecule has 1 aromatic carbocycles. The fraction of sp³-hybridized carbons (Fsp3) is 0.556. The molecule has 5 heteroatoms. The number of alkyl carbamates (subject to hydrolysis) is 1. The summed E-state index contributed by atoms with van der Waals surface area (Å²) in [6, 6.07) is 8.47. The molecule has 2 aliphatic heterocycles. The number of hydrogen-bond donors (Lipinski definition) is 1. The summed E-state index contributed by atoms with van der Waals surface area (Å²) in [5, 5.41) is 2.73.